The Morgan fingerprint density at radius 1 is 1.22 bits per heavy atom. The molecule has 1 unspecified atom stereocenters. The molecule has 1 atom stereocenters. The maximum atomic E-state index is 12.8. The summed E-state index contributed by atoms with van der Waals surface area (Å²) < 4.78 is 38.9. The molecular formula is C17H21N3O5S2. The number of aromatic nitrogens is 1. The summed E-state index contributed by atoms with van der Waals surface area (Å²) in [7, 11) is -3.93. The molecule has 2 N–H and O–H groups in total. The van der Waals surface area contributed by atoms with Crippen molar-refractivity contribution in [2.45, 2.75) is 31.7 Å². The first kappa shape index (κ1) is 19.6. The van der Waals surface area contributed by atoms with Crippen molar-refractivity contribution in [3.63, 3.8) is 0 Å². The van der Waals surface area contributed by atoms with Gasteiger partial charge in [0.2, 0.25) is 15.9 Å². The Morgan fingerprint density at radius 2 is 1.93 bits per heavy atom. The zero-order valence-electron chi connectivity index (χ0n) is 15.2. The van der Waals surface area contributed by atoms with Crippen molar-refractivity contribution in [1.82, 2.24) is 9.71 Å². The van der Waals surface area contributed by atoms with E-state index >= 15 is 0 Å². The fraction of sp³-hybridized carbons (Fsp3) is 0.412. The molecule has 0 saturated carbocycles. The number of nitrogens with zero attached hydrogens (tertiary/aromatic N) is 1. The number of carbonyl (C=O) groups is 1. The third-order valence-corrected chi connectivity index (χ3v) is 6.22. The van der Waals surface area contributed by atoms with E-state index in [9.17, 15) is 13.2 Å². The van der Waals surface area contributed by atoms with Gasteiger partial charge in [-0.2, -0.15) is 4.72 Å². The second-order valence-electron chi connectivity index (χ2n) is 6.43. The molecule has 0 radical (unpaired) electrons. The van der Waals surface area contributed by atoms with Gasteiger partial charge in [0.25, 0.3) is 0 Å². The summed E-state index contributed by atoms with van der Waals surface area (Å²) in [5.41, 5.74) is 0.785. The molecule has 2 aromatic rings. The smallest absolute Gasteiger partial charge is 0.244 e. The highest BCUT2D eigenvalue weighted by atomic mass is 32.2. The first-order chi connectivity index (χ1) is 12.8. The van der Waals surface area contributed by atoms with Crippen molar-refractivity contribution in [1.29, 1.82) is 0 Å². The van der Waals surface area contributed by atoms with Crippen LogP contribution in [0.1, 0.15) is 19.5 Å². The highest BCUT2D eigenvalue weighted by Gasteiger charge is 2.29. The predicted octanol–water partition coefficient (Wildman–Crippen LogP) is 2.16. The van der Waals surface area contributed by atoms with Crippen LogP contribution < -0.4 is 19.5 Å². The first-order valence-electron chi connectivity index (χ1n) is 8.41. The van der Waals surface area contributed by atoms with Gasteiger partial charge in [0.1, 0.15) is 19.3 Å². The van der Waals surface area contributed by atoms with Gasteiger partial charge in [0.05, 0.1) is 10.6 Å². The quantitative estimate of drug-likeness (QED) is 0.754. The predicted molar refractivity (Wildman–Crippen MR) is 102 cm³/mol. The fourth-order valence-electron chi connectivity index (χ4n) is 2.51. The van der Waals surface area contributed by atoms with E-state index in [1.807, 2.05) is 6.92 Å². The van der Waals surface area contributed by atoms with Gasteiger partial charge < -0.3 is 14.8 Å². The van der Waals surface area contributed by atoms with Gasteiger partial charge in [0, 0.05) is 11.4 Å². The highest BCUT2D eigenvalue weighted by Crippen LogP contribution is 2.32. The van der Waals surface area contributed by atoms with Crippen molar-refractivity contribution in [3.8, 4) is 11.5 Å². The van der Waals surface area contributed by atoms with E-state index in [-0.39, 0.29) is 10.8 Å². The van der Waals surface area contributed by atoms with Crippen LogP contribution in [0.25, 0.3) is 0 Å². The Kier molecular flexibility index (Phi) is 5.68. The summed E-state index contributed by atoms with van der Waals surface area (Å²) in [4.78, 5) is 16.8. The zero-order valence-corrected chi connectivity index (χ0v) is 16.8. The van der Waals surface area contributed by atoms with Crippen molar-refractivity contribution < 1.29 is 22.7 Å². The monoisotopic (exact) mass is 411 g/mol. The minimum Gasteiger partial charge on any atom is -0.486 e. The Bertz CT molecular complexity index is 940. The van der Waals surface area contributed by atoms with Gasteiger partial charge in [-0.1, -0.05) is 13.8 Å². The lowest BCUT2D eigenvalue weighted by atomic mass is 10.1. The van der Waals surface area contributed by atoms with Gasteiger partial charge in [-0.15, -0.1) is 11.3 Å². The molecule has 1 aliphatic rings. The van der Waals surface area contributed by atoms with Crippen LogP contribution in [-0.4, -0.2) is 38.6 Å². The molecule has 8 nitrogen and oxygen atoms in total. The molecule has 0 fully saturated rings. The third kappa shape index (κ3) is 4.57. The molecule has 3 rings (SSSR count). The van der Waals surface area contributed by atoms with E-state index in [4.69, 9.17) is 9.47 Å². The summed E-state index contributed by atoms with van der Waals surface area (Å²) in [5.74, 6) is 0.143. The number of hydrogen-bond donors (Lipinski definition) is 2. The van der Waals surface area contributed by atoms with E-state index in [1.54, 1.807) is 25.3 Å². The minimum atomic E-state index is -3.93. The number of amides is 1. The summed E-state index contributed by atoms with van der Waals surface area (Å²) >= 11 is 1.29. The number of anilines is 1. The molecule has 27 heavy (non-hydrogen) atoms. The van der Waals surface area contributed by atoms with E-state index in [0.29, 0.717) is 29.8 Å². The van der Waals surface area contributed by atoms with Crippen LogP contribution in [-0.2, 0) is 14.8 Å². The normalized spacial score (nSPS) is 14.8. The molecule has 0 saturated heterocycles. The minimum absolute atomic E-state index is 0.00953. The second-order valence-corrected chi connectivity index (χ2v) is 9.00. The van der Waals surface area contributed by atoms with E-state index in [1.165, 1.54) is 23.5 Å². The lowest BCUT2D eigenvalue weighted by Crippen LogP contribution is -2.47. The molecule has 146 valence electrons. The number of rotatable bonds is 6. The number of aryl methyl sites for hydroxylation is 1. The molecule has 2 heterocycles. The lowest BCUT2D eigenvalue weighted by molar-refractivity contribution is -0.118. The van der Waals surface area contributed by atoms with Crippen molar-refractivity contribution >= 4 is 32.4 Å². The molecule has 1 amide bonds. The zero-order chi connectivity index (χ0) is 19.6. The number of ether oxygens (including phenoxy) is 2. The van der Waals surface area contributed by atoms with Crippen LogP contribution in [0.4, 0.5) is 5.13 Å². The van der Waals surface area contributed by atoms with E-state index in [2.05, 4.69) is 15.0 Å². The molecule has 1 aromatic carbocycles. The van der Waals surface area contributed by atoms with Gasteiger partial charge in [-0.3, -0.25) is 4.79 Å². The molecule has 10 heteroatoms. The maximum absolute atomic E-state index is 12.8. The number of fused-ring (bicyclic) bond motifs is 1. The van der Waals surface area contributed by atoms with Crippen LogP contribution in [0.2, 0.25) is 0 Å². The van der Waals surface area contributed by atoms with Gasteiger partial charge >= 0.3 is 0 Å². The Labute approximate surface area is 162 Å². The highest BCUT2D eigenvalue weighted by molar-refractivity contribution is 7.89. The lowest BCUT2D eigenvalue weighted by Gasteiger charge is -2.22. The Hall–Kier alpha value is -2.17. The third-order valence-electron chi connectivity index (χ3n) is 3.90. The van der Waals surface area contributed by atoms with Crippen LogP contribution in [0.3, 0.4) is 0 Å². The number of hydrogen-bond acceptors (Lipinski definition) is 7. The summed E-state index contributed by atoms with van der Waals surface area (Å²) in [6, 6.07) is 3.42. The largest absolute Gasteiger partial charge is 0.486 e. The van der Waals surface area contributed by atoms with Crippen LogP contribution in [0.5, 0.6) is 11.5 Å². The standard InChI is InChI=1S/C17H21N3O5S2/c1-10(2)15(16(21)19-17-18-11(3)9-26-17)20-27(22,23)12-4-5-13-14(8-12)25-7-6-24-13/h4-5,8-10,15,20H,6-7H2,1-3H3,(H,18,19,21). The maximum Gasteiger partial charge on any atom is 0.244 e. The van der Waals surface area contributed by atoms with Crippen LogP contribution in [0, 0.1) is 12.8 Å². The van der Waals surface area contributed by atoms with E-state index in [0.717, 1.165) is 5.69 Å². The van der Waals surface area contributed by atoms with Crippen molar-refractivity contribution in [3.05, 3.63) is 29.3 Å². The molecule has 0 aliphatic carbocycles. The number of nitrogens with one attached hydrogen (secondary N) is 2. The van der Waals surface area contributed by atoms with Crippen LogP contribution in [0.15, 0.2) is 28.5 Å². The summed E-state index contributed by atoms with van der Waals surface area (Å²) in [6.07, 6.45) is 0. The Morgan fingerprint density at radius 3 is 2.56 bits per heavy atom. The number of sulfonamides is 1. The molecule has 0 spiro atoms. The summed E-state index contributed by atoms with van der Waals surface area (Å²) in [6.45, 7) is 6.13. The van der Waals surface area contributed by atoms with Crippen molar-refractivity contribution in [2.75, 3.05) is 18.5 Å². The second kappa shape index (κ2) is 7.83. The molecular weight excluding hydrogens is 390 g/mol. The summed E-state index contributed by atoms with van der Waals surface area (Å²) in [5, 5.41) is 4.90. The van der Waals surface area contributed by atoms with E-state index < -0.39 is 22.0 Å². The average molecular weight is 412 g/mol. The number of benzene rings is 1. The van der Waals surface area contributed by atoms with Gasteiger partial charge in [0.15, 0.2) is 16.6 Å². The SMILES string of the molecule is Cc1csc(NC(=O)C(NS(=O)(=O)c2ccc3c(c2)OCCO3)C(C)C)n1. The van der Waals surface area contributed by atoms with Crippen LogP contribution >= 0.6 is 11.3 Å². The average Bonchev–Trinajstić information content (AvgIpc) is 3.03. The molecule has 0 bridgehead atoms. The Balaban J connectivity index is 1.79. The topological polar surface area (TPSA) is 107 Å². The molecule has 1 aliphatic heterocycles. The molecule has 1 aromatic heterocycles. The number of carbonyl (C=O) groups excluding carboxylic acids is 1. The van der Waals surface area contributed by atoms with Crippen molar-refractivity contribution in [2.24, 2.45) is 5.92 Å². The van der Waals surface area contributed by atoms with Gasteiger partial charge in [-0.05, 0) is 25.0 Å². The fourth-order valence-corrected chi connectivity index (χ4v) is 4.56. The number of thiazole rings is 1. The van der Waals surface area contributed by atoms with Gasteiger partial charge in [-0.25, -0.2) is 13.4 Å². The first-order valence-corrected chi connectivity index (χ1v) is 10.8.